The van der Waals surface area contributed by atoms with E-state index in [2.05, 4.69) is 16.2 Å². The predicted octanol–water partition coefficient (Wildman–Crippen LogP) is 4.28. The van der Waals surface area contributed by atoms with E-state index >= 15 is 0 Å². The average molecular weight is 443 g/mol. The second-order valence-electron chi connectivity index (χ2n) is 7.71. The number of rotatable bonds is 5. The summed E-state index contributed by atoms with van der Waals surface area (Å²) in [6.45, 7) is 3.67. The maximum Gasteiger partial charge on any atom is 0.315 e. The molecule has 0 spiro atoms. The number of hydrogen-bond donors (Lipinski definition) is 0. The quantitative estimate of drug-likeness (QED) is 0.329. The van der Waals surface area contributed by atoms with Gasteiger partial charge in [0.15, 0.2) is 5.82 Å². The third-order valence-electron chi connectivity index (χ3n) is 5.68. The third-order valence-corrected chi connectivity index (χ3v) is 5.68. The van der Waals surface area contributed by atoms with E-state index < -0.39 is 22.7 Å². The van der Waals surface area contributed by atoms with Gasteiger partial charge in [-0.05, 0) is 31.5 Å². The Bertz CT molecular complexity index is 1330. The van der Waals surface area contributed by atoms with Crippen molar-refractivity contribution in [2.75, 3.05) is 6.61 Å². The number of esters is 1. The molecule has 1 aromatic heterocycles. The van der Waals surface area contributed by atoms with Crippen LogP contribution in [-0.2, 0) is 16.6 Å². The molecule has 4 rings (SSSR count). The van der Waals surface area contributed by atoms with E-state index in [0.717, 1.165) is 0 Å². The largest absolute Gasteiger partial charge is 0.465 e. The smallest absolute Gasteiger partial charge is 0.315 e. The third kappa shape index (κ3) is 3.87. The number of hydrogen-bond acceptors (Lipinski definition) is 7. The van der Waals surface area contributed by atoms with Crippen molar-refractivity contribution in [3.63, 3.8) is 0 Å². The molecule has 3 aromatic rings. The average Bonchev–Trinajstić information content (AvgIpc) is 3.14. The monoisotopic (exact) mass is 443 g/mol. The summed E-state index contributed by atoms with van der Waals surface area (Å²) < 4.78 is 6.99. The van der Waals surface area contributed by atoms with E-state index in [1.807, 2.05) is 6.07 Å². The first kappa shape index (κ1) is 21.9. The number of non-ortho nitro benzene ring substituents is 1. The van der Waals surface area contributed by atoms with E-state index in [9.17, 15) is 20.2 Å². The van der Waals surface area contributed by atoms with Gasteiger partial charge in [0.2, 0.25) is 0 Å². The first-order valence-corrected chi connectivity index (χ1v) is 10.4. The summed E-state index contributed by atoms with van der Waals surface area (Å²) >= 11 is 0. The van der Waals surface area contributed by atoms with Crippen molar-refractivity contribution in [3.8, 4) is 17.3 Å². The van der Waals surface area contributed by atoms with Crippen molar-refractivity contribution in [1.29, 1.82) is 5.26 Å². The van der Waals surface area contributed by atoms with Gasteiger partial charge in [0.25, 0.3) is 5.69 Å². The maximum atomic E-state index is 13.1. The molecule has 1 aliphatic rings. The van der Waals surface area contributed by atoms with Gasteiger partial charge in [-0.25, -0.2) is 4.99 Å². The summed E-state index contributed by atoms with van der Waals surface area (Å²) in [5.74, 6) is -1.28. The molecule has 166 valence electrons. The number of nitro benzene ring substituents is 1. The number of nitriles is 1. The second-order valence-corrected chi connectivity index (χ2v) is 7.71. The van der Waals surface area contributed by atoms with Gasteiger partial charge >= 0.3 is 5.97 Å². The first-order valence-electron chi connectivity index (χ1n) is 10.4. The first-order chi connectivity index (χ1) is 15.8. The molecule has 0 amide bonds. The van der Waals surface area contributed by atoms with Crippen molar-refractivity contribution >= 4 is 23.2 Å². The molecule has 0 aliphatic carbocycles. The van der Waals surface area contributed by atoms with Crippen molar-refractivity contribution in [3.05, 3.63) is 75.3 Å². The van der Waals surface area contributed by atoms with E-state index in [1.54, 1.807) is 55.9 Å². The van der Waals surface area contributed by atoms with E-state index in [1.165, 1.54) is 12.1 Å². The number of aromatic nitrogens is 2. The summed E-state index contributed by atoms with van der Waals surface area (Å²) in [4.78, 5) is 28.7. The highest BCUT2D eigenvalue weighted by atomic mass is 16.6. The van der Waals surface area contributed by atoms with E-state index in [-0.39, 0.29) is 12.3 Å². The van der Waals surface area contributed by atoms with Crippen LogP contribution in [0.3, 0.4) is 0 Å². The predicted molar refractivity (Wildman–Crippen MR) is 121 cm³/mol. The van der Waals surface area contributed by atoms with Crippen LogP contribution in [-0.4, -0.2) is 33.0 Å². The maximum absolute atomic E-state index is 13.1. The summed E-state index contributed by atoms with van der Waals surface area (Å²) in [6.07, 6.45) is 0. The van der Waals surface area contributed by atoms with Crippen LogP contribution in [0.1, 0.15) is 36.5 Å². The number of benzene rings is 2. The molecular formula is C24H21N5O4. The van der Waals surface area contributed by atoms with Crippen LogP contribution < -0.4 is 0 Å². The van der Waals surface area contributed by atoms with Gasteiger partial charge in [-0.2, -0.15) is 10.4 Å². The fourth-order valence-corrected chi connectivity index (χ4v) is 4.27. The van der Waals surface area contributed by atoms with Gasteiger partial charge in [0.05, 0.1) is 28.9 Å². The number of aryl methyl sites for hydroxylation is 1. The molecule has 2 atom stereocenters. The SMILES string of the molecule is CCOC(=O)C1C(C)=Nc2c(c(-c3cccc(C#N)c3)nn2C)C1c1cccc([N+](=O)[O-])c1. The number of aliphatic imine (C=N–C) groups is 1. The molecule has 0 fully saturated rings. The molecule has 2 heterocycles. The van der Waals surface area contributed by atoms with Gasteiger partial charge in [-0.3, -0.25) is 19.6 Å². The minimum Gasteiger partial charge on any atom is -0.465 e. The van der Waals surface area contributed by atoms with Crippen LogP contribution in [0.2, 0.25) is 0 Å². The fraction of sp³-hybridized carbons (Fsp3) is 0.250. The van der Waals surface area contributed by atoms with Gasteiger partial charge in [-0.1, -0.05) is 24.3 Å². The van der Waals surface area contributed by atoms with Gasteiger partial charge < -0.3 is 4.74 Å². The molecule has 1 aliphatic heterocycles. The lowest BCUT2D eigenvalue weighted by atomic mass is 9.75. The summed E-state index contributed by atoms with van der Waals surface area (Å²) in [5, 5.41) is 25.5. The Morgan fingerprint density at radius 3 is 2.73 bits per heavy atom. The van der Waals surface area contributed by atoms with Crippen molar-refractivity contribution in [2.24, 2.45) is 18.0 Å². The molecule has 0 N–H and O–H groups in total. The number of nitro groups is 1. The van der Waals surface area contributed by atoms with Crippen LogP contribution in [0.4, 0.5) is 11.5 Å². The molecule has 2 aromatic carbocycles. The lowest BCUT2D eigenvalue weighted by Gasteiger charge is -2.30. The Balaban J connectivity index is 2.01. The second kappa shape index (κ2) is 8.67. The van der Waals surface area contributed by atoms with Crippen molar-refractivity contribution in [1.82, 2.24) is 9.78 Å². The van der Waals surface area contributed by atoms with Crippen LogP contribution in [0, 0.1) is 27.4 Å². The Hall–Kier alpha value is -4.32. The van der Waals surface area contributed by atoms with Crippen LogP contribution in [0.25, 0.3) is 11.3 Å². The zero-order chi connectivity index (χ0) is 23.7. The molecule has 9 nitrogen and oxygen atoms in total. The fourth-order valence-electron chi connectivity index (χ4n) is 4.27. The Morgan fingerprint density at radius 2 is 2.03 bits per heavy atom. The number of carbonyl (C=O) groups excluding carboxylic acids is 1. The molecular weight excluding hydrogens is 422 g/mol. The number of ether oxygens (including phenoxy) is 1. The minimum absolute atomic E-state index is 0.0752. The van der Waals surface area contributed by atoms with Crippen LogP contribution in [0.5, 0.6) is 0 Å². The van der Waals surface area contributed by atoms with Crippen molar-refractivity contribution < 1.29 is 14.5 Å². The molecule has 9 heteroatoms. The molecule has 0 saturated heterocycles. The number of nitrogens with zero attached hydrogens (tertiary/aromatic N) is 5. The molecule has 0 saturated carbocycles. The van der Waals surface area contributed by atoms with Gasteiger partial charge in [0.1, 0.15) is 5.92 Å². The van der Waals surface area contributed by atoms with Gasteiger partial charge in [-0.15, -0.1) is 0 Å². The van der Waals surface area contributed by atoms with Crippen LogP contribution >= 0.6 is 0 Å². The zero-order valence-electron chi connectivity index (χ0n) is 18.3. The highest BCUT2D eigenvalue weighted by molar-refractivity contribution is 6.05. The normalized spacial score (nSPS) is 17.0. The van der Waals surface area contributed by atoms with Gasteiger partial charge in [0, 0.05) is 41.9 Å². The summed E-state index contributed by atoms with van der Waals surface area (Å²) in [7, 11) is 1.75. The Kier molecular flexibility index (Phi) is 5.75. The molecule has 0 radical (unpaired) electrons. The standard InChI is InChI=1S/C24H21N5O4/c1-4-33-24(30)19-14(2)26-23-21(20(19)16-8-6-10-18(12-16)29(31)32)22(27-28(23)3)17-9-5-7-15(11-17)13-25/h5-12,19-20H,4H2,1-3H3. The molecule has 0 bridgehead atoms. The van der Waals surface area contributed by atoms with E-state index in [0.29, 0.717) is 39.5 Å². The topological polar surface area (TPSA) is 123 Å². The molecule has 2 unspecified atom stereocenters. The Morgan fingerprint density at radius 1 is 1.27 bits per heavy atom. The lowest BCUT2D eigenvalue weighted by Crippen LogP contribution is -2.33. The summed E-state index contributed by atoms with van der Waals surface area (Å²) in [6, 6.07) is 15.4. The number of fused-ring (bicyclic) bond motifs is 1. The van der Waals surface area contributed by atoms with Crippen molar-refractivity contribution in [2.45, 2.75) is 19.8 Å². The number of carbonyl (C=O) groups is 1. The van der Waals surface area contributed by atoms with Crippen LogP contribution in [0.15, 0.2) is 53.5 Å². The summed E-state index contributed by atoms with van der Waals surface area (Å²) in [5.41, 5.74) is 3.44. The minimum atomic E-state index is -0.776. The Labute approximate surface area is 190 Å². The lowest BCUT2D eigenvalue weighted by molar-refractivity contribution is -0.384. The zero-order valence-corrected chi connectivity index (χ0v) is 18.3. The highest BCUT2D eigenvalue weighted by Gasteiger charge is 2.42. The molecule has 33 heavy (non-hydrogen) atoms. The highest BCUT2D eigenvalue weighted by Crippen LogP contribution is 2.47. The van der Waals surface area contributed by atoms with E-state index in [4.69, 9.17) is 4.74 Å².